The standard InChI is InChI=1S/C26H19NO6/c1-15-6-8-16(9-7-15)24-25(23(29)20-4-2-3-5-21(20)33-24)31-14-22(28)27-18-10-11-19-17(12-18)13-32-26(19)30/h2-12H,13-14H2,1H3,(H,27,28). The summed E-state index contributed by atoms with van der Waals surface area (Å²) in [5.41, 5.74) is 3.51. The Balaban J connectivity index is 1.42. The maximum absolute atomic E-state index is 13.2. The molecule has 0 fully saturated rings. The molecule has 5 rings (SSSR count). The molecule has 1 amide bonds. The molecule has 0 spiro atoms. The van der Waals surface area contributed by atoms with E-state index in [1.807, 2.05) is 31.2 Å². The number of rotatable bonds is 5. The van der Waals surface area contributed by atoms with E-state index in [0.717, 1.165) is 5.56 Å². The van der Waals surface area contributed by atoms with Gasteiger partial charge in [-0.2, -0.15) is 0 Å². The van der Waals surface area contributed by atoms with E-state index in [2.05, 4.69) is 5.32 Å². The summed E-state index contributed by atoms with van der Waals surface area (Å²) in [6.07, 6.45) is 0. The Morgan fingerprint density at radius 3 is 2.64 bits per heavy atom. The molecule has 0 saturated heterocycles. The van der Waals surface area contributed by atoms with Gasteiger partial charge in [-0.05, 0) is 37.3 Å². The molecule has 1 aliphatic heterocycles. The van der Waals surface area contributed by atoms with Crippen LogP contribution in [0.3, 0.4) is 0 Å². The first-order valence-electron chi connectivity index (χ1n) is 10.4. The van der Waals surface area contributed by atoms with Gasteiger partial charge in [0, 0.05) is 16.8 Å². The Morgan fingerprint density at radius 2 is 1.82 bits per heavy atom. The van der Waals surface area contributed by atoms with Gasteiger partial charge < -0.3 is 19.2 Å². The van der Waals surface area contributed by atoms with Crippen LogP contribution in [0.2, 0.25) is 0 Å². The van der Waals surface area contributed by atoms with Gasteiger partial charge in [-0.15, -0.1) is 0 Å². The lowest BCUT2D eigenvalue weighted by Gasteiger charge is -2.12. The number of benzene rings is 3. The summed E-state index contributed by atoms with van der Waals surface area (Å²) in [7, 11) is 0. The fraction of sp³-hybridized carbons (Fsp3) is 0.115. The average molecular weight is 441 g/mol. The molecule has 33 heavy (non-hydrogen) atoms. The molecule has 7 nitrogen and oxygen atoms in total. The van der Waals surface area contributed by atoms with Crippen LogP contribution in [0.25, 0.3) is 22.3 Å². The fourth-order valence-corrected chi connectivity index (χ4v) is 3.70. The number of carbonyl (C=O) groups excluding carboxylic acids is 2. The van der Waals surface area contributed by atoms with E-state index in [-0.39, 0.29) is 29.5 Å². The highest BCUT2D eigenvalue weighted by molar-refractivity contribution is 5.96. The second kappa shape index (κ2) is 8.27. The van der Waals surface area contributed by atoms with Crippen LogP contribution in [0.4, 0.5) is 5.69 Å². The van der Waals surface area contributed by atoms with Crippen LogP contribution in [0, 0.1) is 6.92 Å². The summed E-state index contributed by atoms with van der Waals surface area (Å²) in [5, 5.41) is 3.08. The van der Waals surface area contributed by atoms with Gasteiger partial charge in [-0.1, -0.05) is 42.0 Å². The summed E-state index contributed by atoms with van der Waals surface area (Å²) in [6, 6.07) is 19.3. The molecule has 1 aromatic heterocycles. The first kappa shape index (κ1) is 20.5. The van der Waals surface area contributed by atoms with Crippen LogP contribution in [0.1, 0.15) is 21.5 Å². The van der Waals surface area contributed by atoms with Crippen molar-refractivity contribution >= 4 is 28.5 Å². The van der Waals surface area contributed by atoms with Crippen molar-refractivity contribution in [1.29, 1.82) is 0 Å². The molecule has 0 bridgehead atoms. The van der Waals surface area contributed by atoms with Crippen molar-refractivity contribution in [2.24, 2.45) is 0 Å². The summed E-state index contributed by atoms with van der Waals surface area (Å²) in [6.45, 7) is 1.74. The molecule has 0 aliphatic carbocycles. The lowest BCUT2D eigenvalue weighted by Crippen LogP contribution is -2.22. The Bertz CT molecular complexity index is 1450. The van der Waals surface area contributed by atoms with Crippen LogP contribution < -0.4 is 15.5 Å². The van der Waals surface area contributed by atoms with Crippen LogP contribution in [-0.2, 0) is 16.1 Å². The largest absolute Gasteiger partial charge is 0.476 e. The molecular formula is C26H19NO6. The molecule has 0 unspecified atom stereocenters. The second-order valence-electron chi connectivity index (χ2n) is 7.74. The summed E-state index contributed by atoms with van der Waals surface area (Å²) >= 11 is 0. The van der Waals surface area contributed by atoms with E-state index in [1.54, 1.807) is 42.5 Å². The van der Waals surface area contributed by atoms with Crippen LogP contribution in [-0.4, -0.2) is 18.5 Å². The number of nitrogens with one attached hydrogen (secondary N) is 1. The highest BCUT2D eigenvalue weighted by Gasteiger charge is 2.22. The highest BCUT2D eigenvalue weighted by Crippen LogP contribution is 2.31. The molecule has 7 heteroatoms. The minimum Gasteiger partial charge on any atom is -0.476 e. The zero-order chi connectivity index (χ0) is 22.9. The maximum atomic E-state index is 13.2. The summed E-state index contributed by atoms with van der Waals surface area (Å²) in [5.74, 6) is -0.596. The number of hydrogen-bond acceptors (Lipinski definition) is 6. The number of cyclic esters (lactones) is 1. The number of aryl methyl sites for hydroxylation is 1. The number of ether oxygens (including phenoxy) is 2. The van der Waals surface area contributed by atoms with Crippen LogP contribution in [0.5, 0.6) is 5.75 Å². The van der Waals surface area contributed by atoms with E-state index in [9.17, 15) is 14.4 Å². The Kier molecular flexibility index (Phi) is 5.14. The lowest BCUT2D eigenvalue weighted by atomic mass is 10.1. The van der Waals surface area contributed by atoms with Crippen molar-refractivity contribution in [3.05, 3.63) is 93.6 Å². The average Bonchev–Trinajstić information content (AvgIpc) is 3.19. The predicted molar refractivity (Wildman–Crippen MR) is 122 cm³/mol. The molecular weight excluding hydrogens is 422 g/mol. The predicted octanol–water partition coefficient (Wildman–Crippen LogP) is 4.46. The molecule has 1 N–H and O–H groups in total. The van der Waals surface area contributed by atoms with Gasteiger partial charge in [0.15, 0.2) is 12.4 Å². The molecule has 2 heterocycles. The monoisotopic (exact) mass is 441 g/mol. The number of fused-ring (bicyclic) bond motifs is 2. The second-order valence-corrected chi connectivity index (χ2v) is 7.74. The quantitative estimate of drug-likeness (QED) is 0.460. The number of hydrogen-bond donors (Lipinski definition) is 1. The lowest BCUT2D eigenvalue weighted by molar-refractivity contribution is -0.118. The van der Waals surface area contributed by atoms with Crippen molar-refractivity contribution in [2.75, 3.05) is 11.9 Å². The van der Waals surface area contributed by atoms with Crippen LogP contribution >= 0.6 is 0 Å². The van der Waals surface area contributed by atoms with Gasteiger partial charge in [0.2, 0.25) is 11.2 Å². The van der Waals surface area contributed by atoms with Gasteiger partial charge in [-0.25, -0.2) is 4.79 Å². The van der Waals surface area contributed by atoms with Gasteiger partial charge in [0.25, 0.3) is 5.91 Å². The van der Waals surface area contributed by atoms with Crippen molar-refractivity contribution in [1.82, 2.24) is 0 Å². The normalized spacial score (nSPS) is 12.3. The van der Waals surface area contributed by atoms with Gasteiger partial charge >= 0.3 is 5.97 Å². The van der Waals surface area contributed by atoms with Crippen molar-refractivity contribution < 1.29 is 23.5 Å². The molecule has 164 valence electrons. The fourth-order valence-electron chi connectivity index (χ4n) is 3.70. The summed E-state index contributed by atoms with van der Waals surface area (Å²) < 4.78 is 16.7. The minimum absolute atomic E-state index is 0.0272. The molecule has 1 aliphatic rings. The Labute approximate surface area is 188 Å². The molecule has 0 atom stereocenters. The van der Waals surface area contributed by atoms with E-state index >= 15 is 0 Å². The summed E-state index contributed by atoms with van der Waals surface area (Å²) in [4.78, 5) is 37.3. The number of amides is 1. The third kappa shape index (κ3) is 3.96. The highest BCUT2D eigenvalue weighted by atomic mass is 16.5. The van der Waals surface area contributed by atoms with Gasteiger partial charge in [0.1, 0.15) is 12.2 Å². The number of carbonyl (C=O) groups is 2. The van der Waals surface area contributed by atoms with E-state index in [0.29, 0.717) is 33.3 Å². The van der Waals surface area contributed by atoms with E-state index in [1.165, 1.54) is 0 Å². The smallest absolute Gasteiger partial charge is 0.338 e. The molecule has 4 aromatic rings. The zero-order valence-electron chi connectivity index (χ0n) is 17.7. The number of esters is 1. The zero-order valence-corrected chi connectivity index (χ0v) is 17.7. The molecule has 0 saturated carbocycles. The van der Waals surface area contributed by atoms with Crippen molar-refractivity contribution in [3.63, 3.8) is 0 Å². The van der Waals surface area contributed by atoms with E-state index in [4.69, 9.17) is 13.9 Å². The first-order valence-corrected chi connectivity index (χ1v) is 10.4. The van der Waals surface area contributed by atoms with Gasteiger partial charge in [-0.3, -0.25) is 9.59 Å². The van der Waals surface area contributed by atoms with Crippen molar-refractivity contribution in [2.45, 2.75) is 13.5 Å². The van der Waals surface area contributed by atoms with Gasteiger partial charge in [0.05, 0.1) is 10.9 Å². The van der Waals surface area contributed by atoms with E-state index < -0.39 is 12.5 Å². The maximum Gasteiger partial charge on any atom is 0.338 e. The third-order valence-corrected chi connectivity index (χ3v) is 5.39. The minimum atomic E-state index is -0.456. The number of para-hydroxylation sites is 1. The van der Waals surface area contributed by atoms with Crippen molar-refractivity contribution in [3.8, 4) is 17.1 Å². The SMILES string of the molecule is Cc1ccc(-c2oc3ccccc3c(=O)c2OCC(=O)Nc2ccc3c(c2)COC3=O)cc1. The topological polar surface area (TPSA) is 94.8 Å². The third-order valence-electron chi connectivity index (χ3n) is 5.39. The molecule has 0 radical (unpaired) electrons. The molecule has 3 aromatic carbocycles. The van der Waals surface area contributed by atoms with Crippen LogP contribution in [0.15, 0.2) is 75.9 Å². The Hall–Kier alpha value is -4.39. The Morgan fingerprint density at radius 1 is 1.03 bits per heavy atom. The number of anilines is 1. The first-order chi connectivity index (χ1) is 16.0.